The molecule has 1 aromatic rings. The van der Waals surface area contributed by atoms with Crippen molar-refractivity contribution in [3.63, 3.8) is 0 Å². The fourth-order valence-electron chi connectivity index (χ4n) is 2.89. The molecule has 1 aromatic carbocycles. The first-order chi connectivity index (χ1) is 9.22. The van der Waals surface area contributed by atoms with Crippen LogP contribution in [0, 0.1) is 0 Å². The van der Waals surface area contributed by atoms with Crippen LogP contribution in [0.3, 0.4) is 0 Å². The van der Waals surface area contributed by atoms with E-state index in [-0.39, 0.29) is 12.0 Å². The Hall–Kier alpha value is -1.42. The summed E-state index contributed by atoms with van der Waals surface area (Å²) in [6.45, 7) is 0. The quantitative estimate of drug-likeness (QED) is 0.910. The van der Waals surface area contributed by atoms with Crippen molar-refractivity contribution in [2.45, 2.75) is 37.7 Å². The third-order valence-electron chi connectivity index (χ3n) is 3.86. The first-order valence-electron chi connectivity index (χ1n) is 6.69. The van der Waals surface area contributed by atoms with Gasteiger partial charge in [0.25, 0.3) is 0 Å². The van der Waals surface area contributed by atoms with Gasteiger partial charge in [0.1, 0.15) is 0 Å². The largest absolute Gasteiger partial charge is 0.493 e. The van der Waals surface area contributed by atoms with Gasteiger partial charge < -0.3 is 19.3 Å². The van der Waals surface area contributed by atoms with Gasteiger partial charge in [-0.25, -0.2) is 0 Å². The maximum Gasteiger partial charge on any atom is 0.203 e. The number of hydrogen-bond acceptors (Lipinski definition) is 4. The van der Waals surface area contributed by atoms with Crippen molar-refractivity contribution in [3.05, 3.63) is 17.7 Å². The molecule has 0 radical (unpaired) electrons. The number of hydrogen-bond donors (Lipinski definition) is 1. The minimum absolute atomic E-state index is 0.114. The standard InChI is InChI=1S/C15H22O4/c1-17-13-9-8-11(14(18-2)15(13)19-3)10-6-4-5-7-12(10)16/h8-10,12,16H,4-7H2,1-3H3. The second-order valence-corrected chi connectivity index (χ2v) is 4.88. The van der Waals surface area contributed by atoms with E-state index in [1.807, 2.05) is 12.1 Å². The topological polar surface area (TPSA) is 47.9 Å². The van der Waals surface area contributed by atoms with Gasteiger partial charge in [-0.2, -0.15) is 0 Å². The molecule has 1 aliphatic carbocycles. The molecular formula is C15H22O4. The maximum absolute atomic E-state index is 10.2. The number of aliphatic hydroxyl groups excluding tert-OH is 1. The fraction of sp³-hybridized carbons (Fsp3) is 0.600. The van der Waals surface area contributed by atoms with Crippen LogP contribution in [-0.2, 0) is 0 Å². The van der Waals surface area contributed by atoms with Crippen LogP contribution in [0.15, 0.2) is 12.1 Å². The van der Waals surface area contributed by atoms with E-state index in [1.165, 1.54) is 0 Å². The van der Waals surface area contributed by atoms with E-state index < -0.39 is 0 Å². The Labute approximate surface area is 114 Å². The molecular weight excluding hydrogens is 244 g/mol. The van der Waals surface area contributed by atoms with E-state index in [4.69, 9.17) is 14.2 Å². The smallest absolute Gasteiger partial charge is 0.203 e. The number of ether oxygens (including phenoxy) is 3. The lowest BCUT2D eigenvalue weighted by Crippen LogP contribution is -2.23. The van der Waals surface area contributed by atoms with Crippen molar-refractivity contribution < 1.29 is 19.3 Å². The van der Waals surface area contributed by atoms with Gasteiger partial charge in [0.2, 0.25) is 5.75 Å². The summed E-state index contributed by atoms with van der Waals surface area (Å²) in [5.41, 5.74) is 1.01. The molecule has 1 fully saturated rings. The van der Waals surface area contributed by atoms with Gasteiger partial charge in [0.15, 0.2) is 11.5 Å². The van der Waals surface area contributed by atoms with Crippen LogP contribution < -0.4 is 14.2 Å². The SMILES string of the molecule is COc1ccc(C2CCCCC2O)c(OC)c1OC. The number of rotatable bonds is 4. The molecule has 4 nitrogen and oxygen atoms in total. The van der Waals surface area contributed by atoms with E-state index in [0.717, 1.165) is 31.2 Å². The van der Waals surface area contributed by atoms with Crippen molar-refractivity contribution in [2.75, 3.05) is 21.3 Å². The van der Waals surface area contributed by atoms with Crippen LogP contribution in [-0.4, -0.2) is 32.5 Å². The first kappa shape index (κ1) is 14.0. The normalized spacial score (nSPS) is 22.9. The number of aliphatic hydroxyl groups is 1. The monoisotopic (exact) mass is 266 g/mol. The average molecular weight is 266 g/mol. The van der Waals surface area contributed by atoms with Crippen molar-refractivity contribution in [1.29, 1.82) is 0 Å². The van der Waals surface area contributed by atoms with Crippen molar-refractivity contribution in [2.24, 2.45) is 0 Å². The van der Waals surface area contributed by atoms with Crippen LogP contribution in [0.1, 0.15) is 37.2 Å². The molecule has 0 spiro atoms. The molecule has 0 saturated heterocycles. The Morgan fingerprint density at radius 1 is 0.947 bits per heavy atom. The summed E-state index contributed by atoms with van der Waals surface area (Å²) < 4.78 is 16.2. The lowest BCUT2D eigenvalue weighted by molar-refractivity contribution is 0.105. The van der Waals surface area contributed by atoms with Crippen LogP contribution in [0.25, 0.3) is 0 Å². The lowest BCUT2D eigenvalue weighted by atomic mass is 9.81. The highest BCUT2D eigenvalue weighted by molar-refractivity contribution is 5.57. The average Bonchev–Trinajstić information content (AvgIpc) is 2.46. The molecule has 1 saturated carbocycles. The fourth-order valence-corrected chi connectivity index (χ4v) is 2.89. The molecule has 1 N–H and O–H groups in total. The van der Waals surface area contributed by atoms with Crippen molar-refractivity contribution in [3.8, 4) is 17.2 Å². The van der Waals surface area contributed by atoms with Gasteiger partial charge in [-0.3, -0.25) is 0 Å². The van der Waals surface area contributed by atoms with Gasteiger partial charge in [-0.05, 0) is 18.9 Å². The van der Waals surface area contributed by atoms with Gasteiger partial charge in [0.05, 0.1) is 27.4 Å². The Bertz CT molecular complexity index is 430. The van der Waals surface area contributed by atoms with Crippen LogP contribution in [0.5, 0.6) is 17.2 Å². The third kappa shape index (κ3) is 2.63. The summed E-state index contributed by atoms with van der Waals surface area (Å²) in [5, 5.41) is 10.2. The molecule has 4 heteroatoms. The summed E-state index contributed by atoms with van der Waals surface area (Å²) in [6, 6.07) is 3.84. The van der Waals surface area contributed by atoms with Gasteiger partial charge in [0, 0.05) is 11.5 Å². The summed E-state index contributed by atoms with van der Waals surface area (Å²) in [4.78, 5) is 0. The summed E-state index contributed by atoms with van der Waals surface area (Å²) in [7, 11) is 4.82. The second kappa shape index (κ2) is 6.15. The minimum Gasteiger partial charge on any atom is -0.493 e. The molecule has 1 aliphatic rings. The number of methoxy groups -OCH3 is 3. The van der Waals surface area contributed by atoms with Crippen LogP contribution in [0.2, 0.25) is 0 Å². The first-order valence-corrected chi connectivity index (χ1v) is 6.69. The molecule has 0 aromatic heterocycles. The maximum atomic E-state index is 10.2. The molecule has 0 heterocycles. The van der Waals surface area contributed by atoms with Gasteiger partial charge >= 0.3 is 0 Å². The summed E-state index contributed by atoms with van der Waals surface area (Å²) in [6.07, 6.45) is 3.75. The zero-order chi connectivity index (χ0) is 13.8. The van der Waals surface area contributed by atoms with E-state index in [0.29, 0.717) is 17.2 Å². The van der Waals surface area contributed by atoms with Crippen LogP contribution in [0.4, 0.5) is 0 Å². The van der Waals surface area contributed by atoms with Crippen molar-refractivity contribution in [1.82, 2.24) is 0 Å². The molecule has 0 amide bonds. The molecule has 0 aliphatic heterocycles. The highest BCUT2D eigenvalue weighted by atomic mass is 16.5. The van der Waals surface area contributed by atoms with Crippen molar-refractivity contribution >= 4 is 0 Å². The minimum atomic E-state index is -0.305. The van der Waals surface area contributed by atoms with Gasteiger partial charge in [-0.1, -0.05) is 18.9 Å². The zero-order valence-corrected chi connectivity index (χ0v) is 11.8. The zero-order valence-electron chi connectivity index (χ0n) is 11.8. The Kier molecular flexibility index (Phi) is 4.53. The highest BCUT2D eigenvalue weighted by Gasteiger charge is 2.29. The predicted molar refractivity (Wildman–Crippen MR) is 73.3 cm³/mol. The van der Waals surface area contributed by atoms with E-state index in [1.54, 1.807) is 21.3 Å². The molecule has 2 atom stereocenters. The summed E-state index contributed by atoms with van der Waals surface area (Å²) >= 11 is 0. The van der Waals surface area contributed by atoms with E-state index in [9.17, 15) is 5.11 Å². The van der Waals surface area contributed by atoms with E-state index >= 15 is 0 Å². The molecule has 2 rings (SSSR count). The lowest BCUT2D eigenvalue weighted by Gasteiger charge is -2.29. The Morgan fingerprint density at radius 2 is 1.63 bits per heavy atom. The number of benzene rings is 1. The van der Waals surface area contributed by atoms with E-state index in [2.05, 4.69) is 0 Å². The molecule has 2 unspecified atom stereocenters. The molecule has 106 valence electrons. The molecule has 0 bridgehead atoms. The second-order valence-electron chi connectivity index (χ2n) is 4.88. The molecule has 19 heavy (non-hydrogen) atoms. The van der Waals surface area contributed by atoms with Crippen LogP contribution >= 0.6 is 0 Å². The summed E-state index contributed by atoms with van der Waals surface area (Å²) in [5.74, 6) is 2.03. The predicted octanol–water partition coefficient (Wildman–Crippen LogP) is 2.73. The third-order valence-corrected chi connectivity index (χ3v) is 3.86. The Morgan fingerprint density at radius 3 is 2.21 bits per heavy atom. The Balaban J connectivity index is 2.44. The van der Waals surface area contributed by atoms with Gasteiger partial charge in [-0.15, -0.1) is 0 Å². The highest BCUT2D eigenvalue weighted by Crippen LogP contribution is 2.46.